The molecule has 3 rings (SSSR count). The molecule has 11 heteroatoms. The number of benzene rings is 2. The fourth-order valence-corrected chi connectivity index (χ4v) is 4.77. The van der Waals surface area contributed by atoms with Gasteiger partial charge in [-0.05, 0) is 43.3 Å². The molecule has 1 heterocycles. The van der Waals surface area contributed by atoms with E-state index in [0.717, 1.165) is 16.1 Å². The van der Waals surface area contributed by atoms with E-state index < -0.39 is 22.0 Å². The largest absolute Gasteiger partial charge is 0.299 e. The molecule has 3 aromatic rings. The summed E-state index contributed by atoms with van der Waals surface area (Å²) >= 11 is 12.9. The Hall–Kier alpha value is -2.20. The van der Waals surface area contributed by atoms with Crippen LogP contribution >= 0.6 is 34.5 Å². The third-order valence-electron chi connectivity index (χ3n) is 3.92. The Morgan fingerprint density at radius 2 is 1.59 bits per heavy atom. The summed E-state index contributed by atoms with van der Waals surface area (Å²) < 4.78 is 25.6. The fraction of sp³-hybridized carbons (Fsp3) is 0.167. The van der Waals surface area contributed by atoms with Gasteiger partial charge in [-0.2, -0.15) is 0 Å². The first-order valence-electron chi connectivity index (χ1n) is 8.30. The Morgan fingerprint density at radius 1 is 1.03 bits per heavy atom. The van der Waals surface area contributed by atoms with Gasteiger partial charge in [-0.3, -0.25) is 14.4 Å². The number of anilines is 2. The molecular weight excluding hydrogens is 455 g/mol. The van der Waals surface area contributed by atoms with Crippen molar-refractivity contribution >= 4 is 61.3 Å². The van der Waals surface area contributed by atoms with E-state index in [1.165, 1.54) is 30.4 Å². The third-order valence-corrected chi connectivity index (χ3v) is 6.55. The van der Waals surface area contributed by atoms with Crippen LogP contribution in [0, 0.1) is 0 Å². The van der Waals surface area contributed by atoms with Crippen molar-refractivity contribution in [3.05, 3.63) is 58.6 Å². The molecule has 1 N–H and O–H groups in total. The van der Waals surface area contributed by atoms with Crippen LogP contribution in [-0.4, -0.2) is 36.8 Å². The molecule has 2 aromatic carbocycles. The summed E-state index contributed by atoms with van der Waals surface area (Å²) in [6.07, 6.45) is 1.04. The number of rotatable bonds is 6. The number of sulfonamides is 1. The standard InChI is InChI=1S/C18H16Cl2N4O3S2/c1-11(24(29(2,26)27)15-9-7-14(20)8-10-15)16(25)21-18-23-22-17(28-18)12-3-5-13(19)6-4-12/h3-11H,1-2H3,(H,21,23,25)/t11-/m1/s1. The highest BCUT2D eigenvalue weighted by molar-refractivity contribution is 7.92. The summed E-state index contributed by atoms with van der Waals surface area (Å²) in [6, 6.07) is 12.2. The predicted molar refractivity (Wildman–Crippen MR) is 117 cm³/mol. The van der Waals surface area contributed by atoms with E-state index >= 15 is 0 Å². The minimum atomic E-state index is -3.72. The van der Waals surface area contributed by atoms with Crippen LogP contribution in [0.1, 0.15) is 6.92 Å². The number of hydrogen-bond acceptors (Lipinski definition) is 6. The highest BCUT2D eigenvalue weighted by Crippen LogP contribution is 2.28. The van der Waals surface area contributed by atoms with E-state index in [9.17, 15) is 13.2 Å². The number of aromatic nitrogens is 2. The number of nitrogens with one attached hydrogen (secondary N) is 1. The first-order chi connectivity index (χ1) is 13.6. The van der Waals surface area contributed by atoms with Crippen LogP contribution in [0.2, 0.25) is 10.0 Å². The molecular formula is C18H16Cl2N4O3S2. The zero-order valence-electron chi connectivity index (χ0n) is 15.3. The molecule has 29 heavy (non-hydrogen) atoms. The molecule has 152 valence electrons. The highest BCUT2D eigenvalue weighted by atomic mass is 35.5. The van der Waals surface area contributed by atoms with E-state index in [1.54, 1.807) is 36.4 Å². The SMILES string of the molecule is C[C@H](C(=O)Nc1nnc(-c2ccc(Cl)cc2)s1)N(c1ccc(Cl)cc1)S(C)(=O)=O. The van der Waals surface area contributed by atoms with Crippen molar-refractivity contribution in [2.75, 3.05) is 15.9 Å². The summed E-state index contributed by atoms with van der Waals surface area (Å²) in [4.78, 5) is 12.7. The number of amides is 1. The number of carbonyl (C=O) groups is 1. The minimum absolute atomic E-state index is 0.261. The van der Waals surface area contributed by atoms with Crippen molar-refractivity contribution in [2.24, 2.45) is 0 Å². The molecule has 0 saturated carbocycles. The zero-order valence-corrected chi connectivity index (χ0v) is 18.5. The average Bonchev–Trinajstić information content (AvgIpc) is 3.11. The summed E-state index contributed by atoms with van der Waals surface area (Å²) in [5.74, 6) is -0.538. The maximum atomic E-state index is 12.7. The van der Waals surface area contributed by atoms with Crippen molar-refractivity contribution in [2.45, 2.75) is 13.0 Å². The lowest BCUT2D eigenvalue weighted by atomic mass is 10.2. The van der Waals surface area contributed by atoms with E-state index in [4.69, 9.17) is 23.2 Å². The molecule has 7 nitrogen and oxygen atoms in total. The normalized spacial score (nSPS) is 12.4. The van der Waals surface area contributed by atoms with Gasteiger partial charge in [0.05, 0.1) is 11.9 Å². The van der Waals surface area contributed by atoms with E-state index in [1.807, 2.05) is 0 Å². The summed E-state index contributed by atoms with van der Waals surface area (Å²) in [6.45, 7) is 1.49. The molecule has 0 aliphatic carbocycles. The van der Waals surface area contributed by atoms with Gasteiger partial charge in [-0.15, -0.1) is 10.2 Å². The quantitative estimate of drug-likeness (QED) is 0.579. The van der Waals surface area contributed by atoms with Crippen molar-refractivity contribution in [1.29, 1.82) is 0 Å². The molecule has 0 aliphatic heterocycles. The Labute approximate surface area is 182 Å². The molecule has 0 bridgehead atoms. The molecule has 1 aromatic heterocycles. The van der Waals surface area contributed by atoms with E-state index in [-0.39, 0.29) is 5.13 Å². The highest BCUT2D eigenvalue weighted by Gasteiger charge is 2.29. The Balaban J connectivity index is 1.80. The van der Waals surface area contributed by atoms with Crippen molar-refractivity contribution in [1.82, 2.24) is 10.2 Å². The molecule has 0 unspecified atom stereocenters. The zero-order chi connectivity index (χ0) is 21.2. The summed E-state index contributed by atoms with van der Waals surface area (Å²) in [5, 5.41) is 12.6. The van der Waals surface area contributed by atoms with Crippen molar-refractivity contribution in [3.63, 3.8) is 0 Å². The van der Waals surface area contributed by atoms with Crippen LogP contribution in [0.3, 0.4) is 0 Å². The topological polar surface area (TPSA) is 92.3 Å². The maximum absolute atomic E-state index is 12.7. The Morgan fingerprint density at radius 3 is 2.14 bits per heavy atom. The fourth-order valence-electron chi connectivity index (χ4n) is 2.59. The number of carbonyl (C=O) groups excluding carboxylic acids is 1. The van der Waals surface area contributed by atoms with Crippen LogP contribution in [0.5, 0.6) is 0 Å². The van der Waals surface area contributed by atoms with Gasteiger partial charge in [0.25, 0.3) is 0 Å². The predicted octanol–water partition coefficient (Wildman–Crippen LogP) is 4.31. The van der Waals surface area contributed by atoms with Crippen LogP contribution in [0.25, 0.3) is 10.6 Å². The van der Waals surface area contributed by atoms with Gasteiger partial charge in [0.1, 0.15) is 11.0 Å². The minimum Gasteiger partial charge on any atom is -0.299 e. The van der Waals surface area contributed by atoms with Gasteiger partial charge in [-0.1, -0.05) is 46.7 Å². The van der Waals surface area contributed by atoms with Gasteiger partial charge >= 0.3 is 0 Å². The molecule has 0 fully saturated rings. The lowest BCUT2D eigenvalue weighted by Gasteiger charge is -2.27. The van der Waals surface area contributed by atoms with Crippen LogP contribution < -0.4 is 9.62 Å². The lowest BCUT2D eigenvalue weighted by Crippen LogP contribution is -2.45. The lowest BCUT2D eigenvalue weighted by molar-refractivity contribution is -0.116. The monoisotopic (exact) mass is 470 g/mol. The second kappa shape index (κ2) is 8.66. The average molecular weight is 471 g/mol. The molecule has 0 radical (unpaired) electrons. The van der Waals surface area contributed by atoms with Crippen molar-refractivity contribution in [3.8, 4) is 10.6 Å². The molecule has 0 aliphatic rings. The van der Waals surface area contributed by atoms with Crippen LogP contribution in [0.15, 0.2) is 48.5 Å². The summed E-state index contributed by atoms with van der Waals surface area (Å²) in [5.41, 5.74) is 1.14. The molecule has 0 saturated heterocycles. The number of hydrogen-bond donors (Lipinski definition) is 1. The third kappa shape index (κ3) is 5.24. The molecule has 1 amide bonds. The maximum Gasteiger partial charge on any atom is 0.249 e. The second-order valence-corrected chi connectivity index (χ2v) is 9.83. The van der Waals surface area contributed by atoms with E-state index in [2.05, 4.69) is 15.5 Å². The van der Waals surface area contributed by atoms with Gasteiger partial charge in [0, 0.05) is 15.6 Å². The Kier molecular flexibility index (Phi) is 6.42. The first-order valence-corrected chi connectivity index (χ1v) is 11.7. The second-order valence-electron chi connectivity index (χ2n) is 6.12. The van der Waals surface area contributed by atoms with Gasteiger partial charge < -0.3 is 0 Å². The van der Waals surface area contributed by atoms with Crippen LogP contribution in [0.4, 0.5) is 10.8 Å². The first kappa shape index (κ1) is 21.5. The van der Waals surface area contributed by atoms with Gasteiger partial charge in [0.15, 0.2) is 0 Å². The molecule has 0 spiro atoms. The molecule has 1 atom stereocenters. The Bertz CT molecular complexity index is 1120. The van der Waals surface area contributed by atoms with Crippen LogP contribution in [-0.2, 0) is 14.8 Å². The van der Waals surface area contributed by atoms with Gasteiger partial charge in [0.2, 0.25) is 21.1 Å². The number of halogens is 2. The summed E-state index contributed by atoms with van der Waals surface area (Å²) in [7, 11) is -3.72. The number of nitrogens with zero attached hydrogens (tertiary/aromatic N) is 3. The smallest absolute Gasteiger partial charge is 0.249 e. The van der Waals surface area contributed by atoms with E-state index in [0.29, 0.717) is 20.7 Å². The van der Waals surface area contributed by atoms with Crippen molar-refractivity contribution < 1.29 is 13.2 Å². The van der Waals surface area contributed by atoms with Gasteiger partial charge in [-0.25, -0.2) is 8.42 Å².